The lowest BCUT2D eigenvalue weighted by molar-refractivity contribution is 0.581. The highest BCUT2D eigenvalue weighted by molar-refractivity contribution is 14.1. The minimum atomic E-state index is -0.572. The molecule has 7 rings (SSSR count). The zero-order chi connectivity index (χ0) is 28.5. The Labute approximate surface area is 257 Å². The van der Waals surface area contributed by atoms with Gasteiger partial charge in [-0.25, -0.2) is 8.78 Å². The number of benzene rings is 3. The van der Waals surface area contributed by atoms with Crippen LogP contribution in [-0.4, -0.2) is 34.5 Å². The first-order chi connectivity index (χ1) is 19.9. The first kappa shape index (κ1) is 27.6. The summed E-state index contributed by atoms with van der Waals surface area (Å²) in [5.41, 5.74) is 8.11. The Bertz CT molecular complexity index is 1830. The lowest BCUT2D eigenvalue weighted by Crippen LogP contribution is -1.93. The Hall–Kier alpha value is -3.55. The fourth-order valence-electron chi connectivity index (χ4n) is 4.72. The number of rotatable bonds is 5. The van der Waals surface area contributed by atoms with Crippen LogP contribution in [0.3, 0.4) is 0 Å². The van der Waals surface area contributed by atoms with Crippen molar-refractivity contribution < 1.29 is 8.78 Å². The van der Waals surface area contributed by atoms with E-state index in [9.17, 15) is 8.78 Å². The summed E-state index contributed by atoms with van der Waals surface area (Å²) in [4.78, 5) is 0. The molecule has 2 aliphatic carbocycles. The average Bonchev–Trinajstić information content (AvgIpc) is 3.80. The molecule has 2 heterocycles. The van der Waals surface area contributed by atoms with Gasteiger partial charge < -0.3 is 10.6 Å². The molecule has 0 bridgehead atoms. The van der Waals surface area contributed by atoms with Gasteiger partial charge in [0.15, 0.2) is 0 Å². The van der Waals surface area contributed by atoms with E-state index in [4.69, 9.17) is 0 Å². The molecule has 0 aliphatic heterocycles. The van der Waals surface area contributed by atoms with Crippen LogP contribution in [0.1, 0.15) is 27.8 Å². The molecule has 0 fully saturated rings. The SMILES string of the molecule is CNc1nnc(-c2ccc3c(c2)C(I)=CC3)s1.CNc1nnc(-c2ccc3c(c2)C(c2ccc(F)cc2F)=CC3)s1. The molecule has 0 saturated heterocycles. The first-order valence-corrected chi connectivity index (χ1v) is 15.5. The number of allylic oxidation sites excluding steroid dienone is 2. The van der Waals surface area contributed by atoms with E-state index in [-0.39, 0.29) is 0 Å². The van der Waals surface area contributed by atoms with E-state index < -0.39 is 11.6 Å². The van der Waals surface area contributed by atoms with Crippen LogP contribution in [0.4, 0.5) is 19.0 Å². The summed E-state index contributed by atoms with van der Waals surface area (Å²) in [7, 11) is 3.66. The Balaban J connectivity index is 0.000000156. The second-order valence-corrected chi connectivity index (χ2v) is 12.4. The second kappa shape index (κ2) is 11.7. The molecule has 0 spiro atoms. The smallest absolute Gasteiger partial charge is 0.205 e. The first-order valence-electron chi connectivity index (χ1n) is 12.7. The van der Waals surface area contributed by atoms with E-state index in [0.29, 0.717) is 5.56 Å². The summed E-state index contributed by atoms with van der Waals surface area (Å²) < 4.78 is 28.7. The Morgan fingerprint density at radius 1 is 0.683 bits per heavy atom. The van der Waals surface area contributed by atoms with Crippen LogP contribution in [0.5, 0.6) is 0 Å². The molecule has 0 atom stereocenters. The van der Waals surface area contributed by atoms with Crippen LogP contribution < -0.4 is 10.6 Å². The van der Waals surface area contributed by atoms with E-state index in [1.165, 1.54) is 38.2 Å². The van der Waals surface area contributed by atoms with Crippen molar-refractivity contribution in [2.45, 2.75) is 12.8 Å². The van der Waals surface area contributed by atoms with E-state index in [0.717, 1.165) is 67.0 Å². The van der Waals surface area contributed by atoms with Crippen LogP contribution in [0.25, 0.3) is 30.3 Å². The Morgan fingerprint density at radius 3 is 1.85 bits per heavy atom. The highest BCUT2D eigenvalue weighted by atomic mass is 127. The quantitative estimate of drug-likeness (QED) is 0.181. The second-order valence-electron chi connectivity index (χ2n) is 9.27. The van der Waals surface area contributed by atoms with Crippen molar-refractivity contribution in [3.8, 4) is 21.1 Å². The van der Waals surface area contributed by atoms with Crippen molar-refractivity contribution >= 4 is 64.7 Å². The summed E-state index contributed by atoms with van der Waals surface area (Å²) in [6.07, 6.45) is 6.02. The molecular formula is C30H23F2IN6S2. The molecule has 2 aliphatic rings. The van der Waals surface area contributed by atoms with Gasteiger partial charge in [-0.1, -0.05) is 59.1 Å². The summed E-state index contributed by atoms with van der Waals surface area (Å²) in [5, 5.41) is 25.8. The minimum Gasteiger partial charge on any atom is -0.363 e. The monoisotopic (exact) mass is 696 g/mol. The number of nitrogens with one attached hydrogen (secondary N) is 2. The highest BCUT2D eigenvalue weighted by Crippen LogP contribution is 2.38. The number of anilines is 2. The minimum absolute atomic E-state index is 0.417. The van der Waals surface area contributed by atoms with E-state index in [1.54, 1.807) is 18.4 Å². The van der Waals surface area contributed by atoms with Gasteiger partial charge in [-0.2, -0.15) is 0 Å². The number of hydrogen-bond acceptors (Lipinski definition) is 8. The van der Waals surface area contributed by atoms with E-state index in [1.807, 2.05) is 31.3 Å². The highest BCUT2D eigenvalue weighted by Gasteiger charge is 2.20. The molecule has 0 saturated carbocycles. The third-order valence-corrected chi connectivity index (χ3v) is 9.79. The molecule has 2 aromatic heterocycles. The largest absolute Gasteiger partial charge is 0.363 e. The summed E-state index contributed by atoms with van der Waals surface area (Å²) in [5.74, 6) is -1.12. The van der Waals surface area contributed by atoms with Gasteiger partial charge in [-0.05, 0) is 87.5 Å². The van der Waals surface area contributed by atoms with Crippen molar-refractivity contribution in [1.82, 2.24) is 20.4 Å². The Kier molecular flexibility index (Phi) is 7.91. The fraction of sp³-hybridized carbons (Fsp3) is 0.133. The van der Waals surface area contributed by atoms with Gasteiger partial charge in [-0.15, -0.1) is 20.4 Å². The Morgan fingerprint density at radius 2 is 1.27 bits per heavy atom. The van der Waals surface area contributed by atoms with Gasteiger partial charge in [0, 0.05) is 40.4 Å². The summed E-state index contributed by atoms with van der Waals surface area (Å²) in [6, 6.07) is 16.2. The maximum atomic E-state index is 14.2. The van der Waals surface area contributed by atoms with Crippen LogP contribution in [0, 0.1) is 11.6 Å². The summed E-state index contributed by atoms with van der Waals surface area (Å²) in [6.45, 7) is 0. The lowest BCUT2D eigenvalue weighted by Gasteiger charge is -2.09. The third-order valence-electron chi connectivity index (χ3n) is 6.79. The van der Waals surface area contributed by atoms with Gasteiger partial charge in [-0.3, -0.25) is 0 Å². The maximum absolute atomic E-state index is 14.2. The van der Waals surface area contributed by atoms with Crippen molar-refractivity contribution in [3.63, 3.8) is 0 Å². The average molecular weight is 697 g/mol. The van der Waals surface area contributed by atoms with Gasteiger partial charge in [0.25, 0.3) is 0 Å². The number of nitrogens with zero attached hydrogens (tertiary/aromatic N) is 4. The van der Waals surface area contributed by atoms with Crippen molar-refractivity contribution in [1.29, 1.82) is 0 Å². The number of hydrogen-bond donors (Lipinski definition) is 2. The molecule has 11 heteroatoms. The molecular weight excluding hydrogens is 673 g/mol. The van der Waals surface area contributed by atoms with Crippen LogP contribution >= 0.6 is 45.3 Å². The molecule has 0 radical (unpaired) electrons. The van der Waals surface area contributed by atoms with Crippen LogP contribution in [0.15, 0.2) is 66.7 Å². The molecule has 3 aromatic carbocycles. The molecule has 0 unspecified atom stereocenters. The number of aromatic nitrogens is 4. The fourth-order valence-corrected chi connectivity index (χ4v) is 6.83. The van der Waals surface area contributed by atoms with Crippen molar-refractivity contribution in [2.24, 2.45) is 0 Å². The predicted octanol–water partition coefficient (Wildman–Crippen LogP) is 8.09. The molecule has 0 amide bonds. The number of halogens is 3. The molecule has 5 aromatic rings. The molecule has 41 heavy (non-hydrogen) atoms. The van der Waals surface area contributed by atoms with Gasteiger partial charge >= 0.3 is 0 Å². The normalized spacial score (nSPS) is 13.1. The van der Waals surface area contributed by atoms with Crippen molar-refractivity contribution in [2.75, 3.05) is 24.7 Å². The zero-order valence-corrected chi connectivity index (χ0v) is 25.8. The maximum Gasteiger partial charge on any atom is 0.205 e. The number of fused-ring (bicyclic) bond motifs is 2. The molecule has 2 N–H and O–H groups in total. The van der Waals surface area contributed by atoms with E-state index >= 15 is 0 Å². The lowest BCUT2D eigenvalue weighted by atomic mass is 9.97. The van der Waals surface area contributed by atoms with Crippen LogP contribution in [-0.2, 0) is 12.8 Å². The molecule has 6 nitrogen and oxygen atoms in total. The third kappa shape index (κ3) is 5.66. The standard InChI is InChI=1S/C18H13F2N3S.C12H10IN3S/c1-21-18-23-22-17(24-18)11-3-2-10-4-6-13(15(10)8-11)14-7-5-12(19)9-16(14)20;1-14-12-16-15-11(17-12)8-3-2-7-4-5-10(13)9(7)6-8/h2-3,5-9H,4H2,1H3,(H,21,23);2-3,5-6H,4H2,1H3,(H,14,16). The van der Waals surface area contributed by atoms with Gasteiger partial charge in [0.2, 0.25) is 10.3 Å². The van der Waals surface area contributed by atoms with Gasteiger partial charge in [0.05, 0.1) is 0 Å². The summed E-state index contributed by atoms with van der Waals surface area (Å²) >= 11 is 5.42. The van der Waals surface area contributed by atoms with Crippen molar-refractivity contribution in [3.05, 3.63) is 106 Å². The van der Waals surface area contributed by atoms with Gasteiger partial charge in [0.1, 0.15) is 21.6 Å². The van der Waals surface area contributed by atoms with E-state index in [2.05, 4.69) is 77.9 Å². The van der Waals surface area contributed by atoms with Crippen LogP contribution in [0.2, 0.25) is 0 Å². The predicted molar refractivity (Wildman–Crippen MR) is 173 cm³/mol. The topological polar surface area (TPSA) is 75.6 Å². The molecule has 206 valence electrons. The zero-order valence-electron chi connectivity index (χ0n) is 22.0.